The van der Waals surface area contributed by atoms with Gasteiger partial charge in [0.15, 0.2) is 0 Å². The third-order valence-corrected chi connectivity index (χ3v) is 1.82. The second-order valence-electron chi connectivity index (χ2n) is 3.04. The fourth-order valence-corrected chi connectivity index (χ4v) is 1.10. The Morgan fingerprint density at radius 2 is 2.27 bits per heavy atom. The van der Waals surface area contributed by atoms with Gasteiger partial charge in [0, 0.05) is 19.3 Å². The van der Waals surface area contributed by atoms with Crippen LogP contribution in [0, 0.1) is 0 Å². The first-order valence-electron chi connectivity index (χ1n) is 4.87. The predicted molar refractivity (Wildman–Crippen MR) is 56.8 cm³/mol. The van der Waals surface area contributed by atoms with Gasteiger partial charge in [-0.15, -0.1) is 0 Å². The van der Waals surface area contributed by atoms with Gasteiger partial charge in [0.25, 0.3) is 5.91 Å². The lowest BCUT2D eigenvalue weighted by atomic mass is 10.2. The first-order valence-corrected chi connectivity index (χ1v) is 4.87. The van der Waals surface area contributed by atoms with E-state index in [1.54, 1.807) is 0 Å². The molecule has 0 bridgehead atoms. The normalized spacial score (nSPS) is 9.93. The summed E-state index contributed by atoms with van der Waals surface area (Å²) in [5, 5.41) is 14.9. The van der Waals surface area contributed by atoms with Gasteiger partial charge < -0.3 is 15.7 Å². The van der Waals surface area contributed by atoms with E-state index in [4.69, 9.17) is 5.11 Å². The van der Waals surface area contributed by atoms with Gasteiger partial charge in [-0.3, -0.25) is 9.78 Å². The smallest absolute Gasteiger partial charge is 0.253 e. The first-order chi connectivity index (χ1) is 7.24. The lowest BCUT2D eigenvalue weighted by Crippen LogP contribution is -2.31. The number of nitrogens with one attached hydrogen (secondary N) is 2. The molecule has 1 heterocycles. The molecule has 82 valence electrons. The van der Waals surface area contributed by atoms with Crippen LogP contribution in [-0.4, -0.2) is 35.6 Å². The van der Waals surface area contributed by atoms with Crippen molar-refractivity contribution in [3.05, 3.63) is 24.0 Å². The lowest BCUT2D eigenvalue weighted by Gasteiger charge is -2.05. The summed E-state index contributed by atoms with van der Waals surface area (Å²) in [5.74, 6) is -0.231. The molecule has 1 rings (SSSR count). The molecule has 3 N–H and O–H groups in total. The number of likely N-dealkylation sites (N-methyl/N-ethyl adjacent to an activating group) is 1. The highest BCUT2D eigenvalue weighted by Crippen LogP contribution is 2.07. The molecule has 0 aliphatic carbocycles. The van der Waals surface area contributed by atoms with Gasteiger partial charge >= 0.3 is 0 Å². The van der Waals surface area contributed by atoms with Crippen molar-refractivity contribution in [2.45, 2.75) is 6.92 Å². The van der Waals surface area contributed by atoms with Crippen molar-refractivity contribution in [1.29, 1.82) is 0 Å². The molecule has 0 fully saturated rings. The molecular weight excluding hydrogens is 194 g/mol. The maximum absolute atomic E-state index is 11.5. The second-order valence-corrected chi connectivity index (χ2v) is 3.04. The van der Waals surface area contributed by atoms with Crippen molar-refractivity contribution in [2.24, 2.45) is 0 Å². The monoisotopic (exact) mass is 209 g/mol. The number of aromatic hydroxyl groups is 1. The number of hydrogen-bond donors (Lipinski definition) is 3. The minimum Gasteiger partial charge on any atom is -0.506 e. The van der Waals surface area contributed by atoms with Gasteiger partial charge in [-0.1, -0.05) is 6.92 Å². The van der Waals surface area contributed by atoms with Crippen LogP contribution < -0.4 is 10.6 Å². The molecule has 0 atom stereocenters. The molecule has 5 heteroatoms. The van der Waals surface area contributed by atoms with Gasteiger partial charge in [-0.2, -0.15) is 0 Å². The van der Waals surface area contributed by atoms with Gasteiger partial charge in [0.05, 0.1) is 11.8 Å². The van der Waals surface area contributed by atoms with Gasteiger partial charge in [-0.05, 0) is 12.6 Å². The Morgan fingerprint density at radius 1 is 1.47 bits per heavy atom. The predicted octanol–water partition coefficient (Wildman–Crippen LogP) is 0.126. The number of hydrogen-bond acceptors (Lipinski definition) is 4. The fourth-order valence-electron chi connectivity index (χ4n) is 1.10. The molecule has 1 aromatic heterocycles. The minimum atomic E-state index is -0.226. The molecule has 0 aliphatic heterocycles. The average Bonchev–Trinajstić information content (AvgIpc) is 2.24. The van der Waals surface area contributed by atoms with E-state index in [9.17, 15) is 4.79 Å². The summed E-state index contributed by atoms with van der Waals surface area (Å²) in [4.78, 5) is 15.2. The summed E-state index contributed by atoms with van der Waals surface area (Å²) in [6.45, 7) is 4.17. The van der Waals surface area contributed by atoms with Crippen LogP contribution in [0.4, 0.5) is 0 Å². The van der Waals surface area contributed by atoms with E-state index in [-0.39, 0.29) is 11.7 Å². The molecular formula is C10H15N3O2. The van der Waals surface area contributed by atoms with E-state index < -0.39 is 0 Å². The van der Waals surface area contributed by atoms with Crippen LogP contribution in [0.2, 0.25) is 0 Å². The molecule has 1 amide bonds. The summed E-state index contributed by atoms with van der Waals surface area (Å²) >= 11 is 0. The Kier molecular flexibility index (Phi) is 4.56. The number of rotatable bonds is 5. The number of nitrogens with zero attached hydrogens (tertiary/aromatic N) is 1. The second kappa shape index (κ2) is 5.98. The highest BCUT2D eigenvalue weighted by atomic mass is 16.3. The molecule has 0 spiro atoms. The van der Waals surface area contributed by atoms with Crippen LogP contribution in [-0.2, 0) is 0 Å². The molecule has 1 aromatic rings. The quantitative estimate of drug-likeness (QED) is 0.602. The minimum absolute atomic E-state index is 0.00525. The zero-order valence-electron chi connectivity index (χ0n) is 8.66. The molecule has 0 saturated carbocycles. The summed E-state index contributed by atoms with van der Waals surface area (Å²) in [6, 6.07) is 1.38. The van der Waals surface area contributed by atoms with E-state index in [0.29, 0.717) is 12.1 Å². The van der Waals surface area contributed by atoms with Crippen LogP contribution >= 0.6 is 0 Å². The Morgan fingerprint density at radius 3 is 2.93 bits per heavy atom. The first kappa shape index (κ1) is 11.5. The van der Waals surface area contributed by atoms with Crippen LogP contribution in [0.25, 0.3) is 0 Å². The fraction of sp³-hybridized carbons (Fsp3) is 0.400. The third kappa shape index (κ3) is 3.95. The molecule has 0 aromatic carbocycles. The largest absolute Gasteiger partial charge is 0.506 e. The van der Waals surface area contributed by atoms with E-state index in [1.165, 1.54) is 18.5 Å². The Bertz CT molecular complexity index is 328. The highest BCUT2D eigenvalue weighted by Gasteiger charge is 2.05. The highest BCUT2D eigenvalue weighted by molar-refractivity contribution is 5.94. The number of amides is 1. The van der Waals surface area contributed by atoms with E-state index in [0.717, 1.165) is 13.1 Å². The molecule has 15 heavy (non-hydrogen) atoms. The van der Waals surface area contributed by atoms with E-state index in [1.807, 2.05) is 6.92 Å². The maximum atomic E-state index is 11.5. The number of carbonyl (C=O) groups excluding carboxylic acids is 1. The zero-order chi connectivity index (χ0) is 11.1. The lowest BCUT2D eigenvalue weighted by molar-refractivity contribution is 0.0953. The summed E-state index contributed by atoms with van der Waals surface area (Å²) in [6.07, 6.45) is 2.71. The van der Waals surface area contributed by atoms with Crippen LogP contribution in [0.1, 0.15) is 17.3 Å². The Labute approximate surface area is 88.5 Å². The average molecular weight is 209 g/mol. The van der Waals surface area contributed by atoms with Crippen molar-refractivity contribution >= 4 is 5.91 Å². The van der Waals surface area contributed by atoms with Gasteiger partial charge in [0.1, 0.15) is 5.75 Å². The van der Waals surface area contributed by atoms with Crippen LogP contribution in [0.3, 0.4) is 0 Å². The van der Waals surface area contributed by atoms with Crippen molar-refractivity contribution in [2.75, 3.05) is 19.6 Å². The SMILES string of the molecule is CCNCCNC(=O)c1cncc(O)c1. The summed E-state index contributed by atoms with van der Waals surface area (Å²) in [5.41, 5.74) is 0.367. The van der Waals surface area contributed by atoms with Gasteiger partial charge in [0.2, 0.25) is 0 Å². The van der Waals surface area contributed by atoms with Crippen LogP contribution in [0.15, 0.2) is 18.5 Å². The zero-order valence-corrected chi connectivity index (χ0v) is 8.66. The maximum Gasteiger partial charge on any atom is 0.253 e. The number of carbonyl (C=O) groups is 1. The van der Waals surface area contributed by atoms with Crippen molar-refractivity contribution in [3.63, 3.8) is 0 Å². The molecule has 0 saturated heterocycles. The van der Waals surface area contributed by atoms with Crippen LogP contribution in [0.5, 0.6) is 5.75 Å². The van der Waals surface area contributed by atoms with Gasteiger partial charge in [-0.25, -0.2) is 0 Å². The molecule has 0 unspecified atom stereocenters. The van der Waals surface area contributed by atoms with Crippen molar-refractivity contribution in [3.8, 4) is 5.75 Å². The summed E-state index contributed by atoms with van der Waals surface area (Å²) < 4.78 is 0. The topological polar surface area (TPSA) is 74.2 Å². The molecule has 5 nitrogen and oxygen atoms in total. The number of aromatic nitrogens is 1. The van der Waals surface area contributed by atoms with Crippen molar-refractivity contribution < 1.29 is 9.90 Å². The molecule has 0 radical (unpaired) electrons. The standard InChI is InChI=1S/C10H15N3O2/c1-2-11-3-4-13-10(15)8-5-9(14)7-12-6-8/h5-7,11,14H,2-4H2,1H3,(H,13,15). The Hall–Kier alpha value is -1.62. The van der Waals surface area contributed by atoms with Crippen molar-refractivity contribution in [1.82, 2.24) is 15.6 Å². The third-order valence-electron chi connectivity index (χ3n) is 1.82. The van der Waals surface area contributed by atoms with E-state index in [2.05, 4.69) is 15.6 Å². The Balaban J connectivity index is 2.40. The number of pyridine rings is 1. The van der Waals surface area contributed by atoms with E-state index >= 15 is 0 Å². The molecule has 0 aliphatic rings. The summed E-state index contributed by atoms with van der Waals surface area (Å²) in [7, 11) is 0.